The highest BCUT2D eigenvalue weighted by Gasteiger charge is 2.63. The number of carbonyl (C=O) groups excluding carboxylic acids is 1. The molecular weight excluding hydrogens is 216 g/mol. The molecule has 0 aromatic heterocycles. The van der Waals surface area contributed by atoms with Crippen molar-refractivity contribution >= 4 is 5.97 Å². The number of hydrogen-bond acceptors (Lipinski definition) is 3. The molecule has 1 aromatic rings. The Morgan fingerprint density at radius 2 is 2.18 bits per heavy atom. The molecule has 1 aliphatic carbocycles. The van der Waals surface area contributed by atoms with Gasteiger partial charge in [0.1, 0.15) is 17.8 Å². The second-order valence-electron chi connectivity index (χ2n) is 4.83. The highest BCUT2D eigenvalue weighted by Crippen LogP contribution is 2.55. The molecule has 0 amide bonds. The van der Waals surface area contributed by atoms with Gasteiger partial charge in [0.05, 0.1) is 0 Å². The first-order valence-electron chi connectivity index (χ1n) is 6.13. The van der Waals surface area contributed by atoms with Gasteiger partial charge in [-0.25, -0.2) is 0 Å². The second kappa shape index (κ2) is 3.84. The smallest absolute Gasteiger partial charge is 0.302 e. The Morgan fingerprint density at radius 1 is 1.41 bits per heavy atom. The summed E-state index contributed by atoms with van der Waals surface area (Å²) in [6.07, 6.45) is 2.98. The summed E-state index contributed by atoms with van der Waals surface area (Å²) in [6.45, 7) is 1.46. The molecule has 1 saturated heterocycles. The molecule has 3 atom stereocenters. The Morgan fingerprint density at radius 3 is 2.88 bits per heavy atom. The number of esters is 1. The van der Waals surface area contributed by atoms with E-state index in [1.165, 1.54) is 12.5 Å². The van der Waals surface area contributed by atoms with E-state index in [1.807, 2.05) is 18.2 Å². The van der Waals surface area contributed by atoms with E-state index < -0.39 is 0 Å². The van der Waals surface area contributed by atoms with Gasteiger partial charge in [0.2, 0.25) is 0 Å². The van der Waals surface area contributed by atoms with Gasteiger partial charge in [0, 0.05) is 6.92 Å². The van der Waals surface area contributed by atoms with Gasteiger partial charge in [0.15, 0.2) is 0 Å². The molecule has 17 heavy (non-hydrogen) atoms. The molecule has 0 spiro atoms. The van der Waals surface area contributed by atoms with Crippen LogP contribution in [0.1, 0.15) is 31.7 Å². The molecule has 2 fully saturated rings. The number of ether oxygens (including phenoxy) is 2. The third-order valence-electron chi connectivity index (χ3n) is 3.69. The van der Waals surface area contributed by atoms with E-state index in [2.05, 4.69) is 12.1 Å². The molecule has 0 bridgehead atoms. The van der Waals surface area contributed by atoms with Crippen molar-refractivity contribution < 1.29 is 14.3 Å². The molecule has 1 aliphatic heterocycles. The minimum atomic E-state index is -0.214. The third kappa shape index (κ3) is 1.75. The third-order valence-corrected chi connectivity index (χ3v) is 3.69. The first-order chi connectivity index (χ1) is 8.22. The Bertz CT molecular complexity index is 428. The lowest BCUT2D eigenvalue weighted by atomic mass is 9.82. The largest absolute Gasteiger partial charge is 0.460 e. The van der Waals surface area contributed by atoms with E-state index in [1.54, 1.807) is 0 Å². The van der Waals surface area contributed by atoms with Crippen LogP contribution in [0.3, 0.4) is 0 Å². The summed E-state index contributed by atoms with van der Waals surface area (Å²) in [5.41, 5.74) is 1.03. The Labute approximate surface area is 101 Å². The van der Waals surface area contributed by atoms with E-state index in [0.29, 0.717) is 0 Å². The average Bonchev–Trinajstić information content (AvgIpc) is 3.07. The standard InChI is InChI=1S/C14H16O3/c1-10(15)16-12-8-5-9-14(13(12)17-14)11-6-3-2-4-7-11/h2-4,6-7,12-13H,5,8-9H2,1H3/t12-,13+,14+/m1/s1. The number of epoxide rings is 1. The van der Waals surface area contributed by atoms with Gasteiger partial charge < -0.3 is 9.47 Å². The van der Waals surface area contributed by atoms with Crippen LogP contribution in [0.5, 0.6) is 0 Å². The lowest BCUT2D eigenvalue weighted by molar-refractivity contribution is -0.148. The number of rotatable bonds is 2. The van der Waals surface area contributed by atoms with Crippen LogP contribution in [0.15, 0.2) is 30.3 Å². The van der Waals surface area contributed by atoms with E-state index >= 15 is 0 Å². The number of carbonyl (C=O) groups is 1. The normalized spacial score (nSPS) is 34.9. The quantitative estimate of drug-likeness (QED) is 0.580. The van der Waals surface area contributed by atoms with Gasteiger partial charge in [-0.3, -0.25) is 4.79 Å². The van der Waals surface area contributed by atoms with Gasteiger partial charge in [0.25, 0.3) is 0 Å². The van der Waals surface area contributed by atoms with Crippen LogP contribution >= 0.6 is 0 Å². The summed E-state index contributed by atoms with van der Waals surface area (Å²) >= 11 is 0. The molecule has 1 saturated carbocycles. The molecule has 0 N–H and O–H groups in total. The molecule has 0 unspecified atom stereocenters. The Hall–Kier alpha value is -1.35. The van der Waals surface area contributed by atoms with E-state index in [9.17, 15) is 4.79 Å². The van der Waals surface area contributed by atoms with E-state index in [0.717, 1.165) is 19.3 Å². The van der Waals surface area contributed by atoms with Crippen LogP contribution in [0.2, 0.25) is 0 Å². The number of fused-ring (bicyclic) bond motifs is 1. The summed E-state index contributed by atoms with van der Waals surface area (Å²) in [5.74, 6) is -0.214. The maximum absolute atomic E-state index is 11.0. The number of hydrogen-bond donors (Lipinski definition) is 0. The van der Waals surface area contributed by atoms with E-state index in [-0.39, 0.29) is 23.8 Å². The minimum absolute atomic E-state index is 0.0579. The zero-order valence-corrected chi connectivity index (χ0v) is 9.89. The fourth-order valence-corrected chi connectivity index (χ4v) is 2.92. The van der Waals surface area contributed by atoms with Gasteiger partial charge in [-0.1, -0.05) is 30.3 Å². The van der Waals surface area contributed by atoms with Gasteiger partial charge in [-0.2, -0.15) is 0 Å². The molecule has 1 heterocycles. The van der Waals surface area contributed by atoms with Crippen molar-refractivity contribution in [3.8, 4) is 0 Å². The molecule has 3 rings (SSSR count). The molecule has 2 aliphatic rings. The topological polar surface area (TPSA) is 38.8 Å². The first-order valence-corrected chi connectivity index (χ1v) is 6.13. The molecule has 3 nitrogen and oxygen atoms in total. The van der Waals surface area contributed by atoms with Crippen molar-refractivity contribution in [2.45, 2.75) is 44.0 Å². The van der Waals surface area contributed by atoms with Crippen molar-refractivity contribution in [1.82, 2.24) is 0 Å². The first kappa shape index (κ1) is 10.8. The van der Waals surface area contributed by atoms with Crippen LogP contribution in [0.25, 0.3) is 0 Å². The van der Waals surface area contributed by atoms with Crippen LogP contribution in [-0.4, -0.2) is 18.2 Å². The Balaban J connectivity index is 1.81. The zero-order chi connectivity index (χ0) is 11.9. The molecule has 1 aromatic carbocycles. The number of benzene rings is 1. The van der Waals surface area contributed by atoms with Gasteiger partial charge in [-0.05, 0) is 24.8 Å². The molecule has 3 heteroatoms. The van der Waals surface area contributed by atoms with Crippen molar-refractivity contribution in [1.29, 1.82) is 0 Å². The van der Waals surface area contributed by atoms with Gasteiger partial charge >= 0.3 is 5.97 Å². The fraction of sp³-hybridized carbons (Fsp3) is 0.500. The maximum Gasteiger partial charge on any atom is 0.302 e. The predicted octanol–water partition coefficient (Wildman–Crippen LogP) is 2.40. The van der Waals surface area contributed by atoms with Crippen LogP contribution in [0, 0.1) is 0 Å². The van der Waals surface area contributed by atoms with Crippen molar-refractivity contribution in [3.63, 3.8) is 0 Å². The fourth-order valence-electron chi connectivity index (χ4n) is 2.92. The highest BCUT2D eigenvalue weighted by atomic mass is 16.6. The molecule has 0 radical (unpaired) electrons. The average molecular weight is 232 g/mol. The van der Waals surface area contributed by atoms with E-state index in [4.69, 9.17) is 9.47 Å². The monoisotopic (exact) mass is 232 g/mol. The zero-order valence-electron chi connectivity index (χ0n) is 9.89. The van der Waals surface area contributed by atoms with Crippen LogP contribution in [0.4, 0.5) is 0 Å². The van der Waals surface area contributed by atoms with Crippen LogP contribution in [-0.2, 0) is 19.9 Å². The summed E-state index contributed by atoms with van der Waals surface area (Å²) in [5, 5.41) is 0. The van der Waals surface area contributed by atoms with Gasteiger partial charge in [-0.15, -0.1) is 0 Å². The lowest BCUT2D eigenvalue weighted by Gasteiger charge is -2.24. The lowest BCUT2D eigenvalue weighted by Crippen LogP contribution is -2.31. The minimum Gasteiger partial charge on any atom is -0.460 e. The molecule has 90 valence electrons. The Kier molecular flexibility index (Phi) is 2.44. The highest BCUT2D eigenvalue weighted by molar-refractivity contribution is 5.66. The molecular formula is C14H16O3. The summed E-state index contributed by atoms with van der Waals surface area (Å²) in [4.78, 5) is 11.0. The van der Waals surface area contributed by atoms with Crippen molar-refractivity contribution in [3.05, 3.63) is 35.9 Å². The SMILES string of the molecule is CC(=O)O[C@@H]1CCC[C@@]2(c3ccccc3)O[C@@H]12. The summed E-state index contributed by atoms with van der Waals surface area (Å²) in [7, 11) is 0. The van der Waals surface area contributed by atoms with Crippen LogP contribution < -0.4 is 0 Å². The van der Waals surface area contributed by atoms with Crippen molar-refractivity contribution in [2.75, 3.05) is 0 Å². The predicted molar refractivity (Wildman–Crippen MR) is 62.4 cm³/mol. The second-order valence-corrected chi connectivity index (χ2v) is 4.83. The maximum atomic E-state index is 11.0. The summed E-state index contributed by atoms with van der Waals surface area (Å²) in [6, 6.07) is 10.2. The van der Waals surface area contributed by atoms with Crippen molar-refractivity contribution in [2.24, 2.45) is 0 Å². The summed E-state index contributed by atoms with van der Waals surface area (Å²) < 4.78 is 11.2.